The van der Waals surface area contributed by atoms with Gasteiger partial charge in [0, 0.05) is 18.5 Å². The lowest BCUT2D eigenvalue weighted by Gasteiger charge is -2.11. The first-order chi connectivity index (χ1) is 9.17. The van der Waals surface area contributed by atoms with Gasteiger partial charge in [-0.15, -0.1) is 0 Å². The van der Waals surface area contributed by atoms with Gasteiger partial charge in [-0.05, 0) is 36.2 Å². The lowest BCUT2D eigenvalue weighted by atomic mass is 10.0. The molecule has 0 radical (unpaired) electrons. The van der Waals surface area contributed by atoms with Crippen molar-refractivity contribution in [2.24, 2.45) is 5.73 Å². The van der Waals surface area contributed by atoms with Crippen LogP contribution >= 0.6 is 0 Å². The average molecular weight is 255 g/mol. The highest BCUT2D eigenvalue weighted by Crippen LogP contribution is 2.39. The number of hydrogen-bond acceptors (Lipinski definition) is 4. The Kier molecular flexibility index (Phi) is 2.87. The van der Waals surface area contributed by atoms with E-state index in [1.807, 2.05) is 12.1 Å². The Balaban J connectivity index is 2.13. The van der Waals surface area contributed by atoms with Crippen LogP contribution in [0, 0.1) is 6.92 Å². The number of hydrogen-bond donors (Lipinski definition) is 2. The number of nitrogens with zero attached hydrogens (tertiary/aromatic N) is 1. The summed E-state index contributed by atoms with van der Waals surface area (Å²) in [6.07, 6.45) is 0.930. The summed E-state index contributed by atoms with van der Waals surface area (Å²) >= 11 is 0. The fraction of sp³-hybridized carbons (Fsp3) is 0.267. The summed E-state index contributed by atoms with van der Waals surface area (Å²) < 4.78 is 5.93. The molecule has 2 aromatic rings. The van der Waals surface area contributed by atoms with E-state index >= 15 is 0 Å². The van der Waals surface area contributed by atoms with Crippen molar-refractivity contribution in [2.45, 2.75) is 19.4 Å². The number of aryl methyl sites for hydroxylation is 1. The molecule has 1 aliphatic heterocycles. The van der Waals surface area contributed by atoms with Crippen molar-refractivity contribution in [1.29, 1.82) is 0 Å². The number of nitrogen functional groups attached to an aromatic ring is 1. The number of anilines is 1. The van der Waals surface area contributed by atoms with Gasteiger partial charge in [0.15, 0.2) is 0 Å². The van der Waals surface area contributed by atoms with Crippen LogP contribution < -0.4 is 16.2 Å². The molecule has 1 aliphatic rings. The van der Waals surface area contributed by atoms with Crippen molar-refractivity contribution in [3.05, 3.63) is 41.5 Å². The van der Waals surface area contributed by atoms with Gasteiger partial charge in [0.25, 0.3) is 0 Å². The monoisotopic (exact) mass is 255 g/mol. The number of pyridine rings is 1. The number of fused-ring (bicyclic) bond motifs is 1. The molecule has 0 unspecified atom stereocenters. The molecule has 4 nitrogen and oxygen atoms in total. The second-order valence-corrected chi connectivity index (χ2v) is 4.93. The lowest BCUT2D eigenvalue weighted by Crippen LogP contribution is -2.24. The highest BCUT2D eigenvalue weighted by Gasteiger charge is 2.25. The molecule has 19 heavy (non-hydrogen) atoms. The Morgan fingerprint density at radius 1 is 1.37 bits per heavy atom. The minimum absolute atomic E-state index is 0.0663. The van der Waals surface area contributed by atoms with Crippen LogP contribution in [-0.2, 0) is 6.42 Å². The number of ether oxygens (including phenoxy) is 1. The minimum atomic E-state index is 0.0663. The van der Waals surface area contributed by atoms with Gasteiger partial charge in [-0.1, -0.05) is 12.1 Å². The molecule has 4 heteroatoms. The summed E-state index contributed by atoms with van der Waals surface area (Å²) in [5.74, 6) is 1.42. The Hall–Kier alpha value is -2.07. The number of nitrogens with two attached hydrogens (primary N) is 2. The van der Waals surface area contributed by atoms with E-state index in [9.17, 15) is 0 Å². The van der Waals surface area contributed by atoms with Gasteiger partial charge in [0.2, 0.25) is 0 Å². The third-order valence-corrected chi connectivity index (χ3v) is 3.35. The first-order valence-corrected chi connectivity index (χ1v) is 6.40. The molecule has 2 heterocycles. The SMILES string of the molecule is Cc1cc2c(c(-c3cccc(N)n3)c1)O[C@H](CN)C2. The van der Waals surface area contributed by atoms with Crippen LogP contribution in [0.1, 0.15) is 11.1 Å². The van der Waals surface area contributed by atoms with E-state index in [-0.39, 0.29) is 6.10 Å². The predicted octanol–water partition coefficient (Wildman–Crippen LogP) is 1.90. The summed E-state index contributed by atoms with van der Waals surface area (Å²) in [4.78, 5) is 4.38. The molecule has 0 spiro atoms. The Labute approximate surface area is 112 Å². The highest BCUT2D eigenvalue weighted by molar-refractivity contribution is 5.72. The van der Waals surface area contributed by atoms with Crippen molar-refractivity contribution in [3.63, 3.8) is 0 Å². The molecular formula is C15H17N3O. The second kappa shape index (κ2) is 4.55. The molecule has 0 aliphatic carbocycles. The van der Waals surface area contributed by atoms with Crippen LogP contribution in [0.3, 0.4) is 0 Å². The van der Waals surface area contributed by atoms with E-state index in [4.69, 9.17) is 16.2 Å². The van der Waals surface area contributed by atoms with Gasteiger partial charge in [-0.25, -0.2) is 4.98 Å². The van der Waals surface area contributed by atoms with Crippen molar-refractivity contribution < 1.29 is 4.74 Å². The maximum absolute atomic E-state index is 5.93. The molecule has 0 amide bonds. The fourth-order valence-electron chi connectivity index (χ4n) is 2.52. The zero-order valence-electron chi connectivity index (χ0n) is 10.9. The van der Waals surface area contributed by atoms with E-state index in [0.717, 1.165) is 23.4 Å². The lowest BCUT2D eigenvalue weighted by molar-refractivity contribution is 0.242. The quantitative estimate of drug-likeness (QED) is 0.859. The van der Waals surface area contributed by atoms with E-state index in [1.54, 1.807) is 6.07 Å². The standard InChI is InChI=1S/C15H17N3O/c1-9-5-10-7-11(8-16)19-15(10)12(6-9)13-3-2-4-14(17)18-13/h2-6,11H,7-8,16H2,1H3,(H2,17,18)/t11-/m0/s1. The molecule has 98 valence electrons. The second-order valence-electron chi connectivity index (χ2n) is 4.93. The number of benzene rings is 1. The minimum Gasteiger partial charge on any atom is -0.488 e. The van der Waals surface area contributed by atoms with Crippen molar-refractivity contribution >= 4 is 5.82 Å². The van der Waals surface area contributed by atoms with Crippen LogP contribution in [0.15, 0.2) is 30.3 Å². The van der Waals surface area contributed by atoms with Crippen molar-refractivity contribution in [1.82, 2.24) is 4.98 Å². The fourth-order valence-corrected chi connectivity index (χ4v) is 2.52. The molecular weight excluding hydrogens is 238 g/mol. The molecule has 0 fully saturated rings. The van der Waals surface area contributed by atoms with Crippen LogP contribution in [-0.4, -0.2) is 17.6 Å². The van der Waals surface area contributed by atoms with Gasteiger partial charge in [0.05, 0.1) is 5.69 Å². The maximum Gasteiger partial charge on any atom is 0.132 e. The van der Waals surface area contributed by atoms with E-state index in [1.165, 1.54) is 11.1 Å². The third kappa shape index (κ3) is 2.15. The normalized spacial score (nSPS) is 17.1. The van der Waals surface area contributed by atoms with E-state index in [2.05, 4.69) is 24.0 Å². The molecule has 0 saturated carbocycles. The summed E-state index contributed by atoms with van der Waals surface area (Å²) in [6.45, 7) is 2.60. The van der Waals surface area contributed by atoms with Crippen molar-refractivity contribution in [2.75, 3.05) is 12.3 Å². The molecule has 0 saturated heterocycles. The summed E-state index contributed by atoms with van der Waals surface area (Å²) in [5, 5.41) is 0. The number of rotatable bonds is 2. The molecule has 1 atom stereocenters. The van der Waals surface area contributed by atoms with Gasteiger partial charge in [-0.2, -0.15) is 0 Å². The van der Waals surface area contributed by atoms with E-state index in [0.29, 0.717) is 12.4 Å². The van der Waals surface area contributed by atoms with Gasteiger partial charge < -0.3 is 16.2 Å². The maximum atomic E-state index is 5.93. The Bertz CT molecular complexity index is 625. The summed E-state index contributed by atoms with van der Waals surface area (Å²) in [5.41, 5.74) is 15.7. The van der Waals surface area contributed by atoms with Gasteiger partial charge in [0.1, 0.15) is 17.7 Å². The van der Waals surface area contributed by atoms with Crippen LogP contribution in [0.5, 0.6) is 5.75 Å². The summed E-state index contributed by atoms with van der Waals surface area (Å²) in [6, 6.07) is 9.87. The van der Waals surface area contributed by atoms with Gasteiger partial charge >= 0.3 is 0 Å². The molecule has 3 rings (SSSR count). The number of aromatic nitrogens is 1. The summed E-state index contributed by atoms with van der Waals surface area (Å²) in [7, 11) is 0. The zero-order chi connectivity index (χ0) is 13.4. The Morgan fingerprint density at radius 3 is 2.95 bits per heavy atom. The smallest absolute Gasteiger partial charge is 0.132 e. The highest BCUT2D eigenvalue weighted by atomic mass is 16.5. The van der Waals surface area contributed by atoms with Crippen LogP contribution in [0.4, 0.5) is 5.82 Å². The van der Waals surface area contributed by atoms with Crippen LogP contribution in [0.25, 0.3) is 11.3 Å². The third-order valence-electron chi connectivity index (χ3n) is 3.35. The van der Waals surface area contributed by atoms with E-state index < -0.39 is 0 Å². The molecule has 4 N–H and O–H groups in total. The van der Waals surface area contributed by atoms with Crippen molar-refractivity contribution in [3.8, 4) is 17.0 Å². The largest absolute Gasteiger partial charge is 0.488 e. The zero-order valence-corrected chi connectivity index (χ0v) is 10.9. The Morgan fingerprint density at radius 2 is 2.21 bits per heavy atom. The average Bonchev–Trinajstić information content (AvgIpc) is 2.80. The first-order valence-electron chi connectivity index (χ1n) is 6.40. The van der Waals surface area contributed by atoms with Gasteiger partial charge in [-0.3, -0.25) is 0 Å². The molecule has 1 aromatic carbocycles. The first kappa shape index (κ1) is 12.0. The topological polar surface area (TPSA) is 74.2 Å². The predicted molar refractivity (Wildman–Crippen MR) is 76.0 cm³/mol. The molecule has 0 bridgehead atoms. The van der Waals surface area contributed by atoms with Crippen LogP contribution in [0.2, 0.25) is 0 Å². The molecule has 1 aromatic heterocycles.